The van der Waals surface area contributed by atoms with Crippen LogP contribution in [0.3, 0.4) is 0 Å². The van der Waals surface area contributed by atoms with Gasteiger partial charge in [0.2, 0.25) is 0 Å². The Morgan fingerprint density at radius 1 is 0.635 bits per heavy atom. The molecular weight excluding hydrogens is 1060 g/mol. The summed E-state index contributed by atoms with van der Waals surface area (Å²) in [6.45, 7) is 1.56. The van der Waals surface area contributed by atoms with E-state index in [0.29, 0.717) is 47.5 Å². The molecule has 0 amide bonds. The summed E-state index contributed by atoms with van der Waals surface area (Å²) in [6, 6.07) is 9.55. The largest absolute Gasteiger partial charge is 1.00 e. The van der Waals surface area contributed by atoms with Gasteiger partial charge in [-0.15, -0.1) is 0 Å². The summed E-state index contributed by atoms with van der Waals surface area (Å²) in [4.78, 5) is 65.8. The van der Waals surface area contributed by atoms with Crippen molar-refractivity contribution in [3.63, 3.8) is 0 Å². The van der Waals surface area contributed by atoms with Gasteiger partial charge < -0.3 is 76.6 Å². The first-order chi connectivity index (χ1) is 32.9. The van der Waals surface area contributed by atoms with Crippen molar-refractivity contribution in [1.82, 2.24) is 34.3 Å². The van der Waals surface area contributed by atoms with Crippen LogP contribution in [0, 0.1) is 23.7 Å². The standard InChI is InChI=1S/C44H57N7O16P2.5Na/c1-5-66-68(58,59)31-48(29-43(54)55)27-36-15-17-50(46-36)40-23-33(24-41(45-40)51-18-16-37(47-51)28-49(30-44(56)57)32-69(60,61)67-6-2)13-14-35-26-38(64-21-19-62-3)34(25-39(35)65-22-20-63-4)11-9-7-8-10-12-42(52)53;;;;;/h15-18,23-26H,5-8,10,12,19-22,27-32H2,1-4H3,(H,52,53)(H,54,55)(H,56,57)(H,58,59)(H,60,61);;;;;/q;5*+1/p-5. The fraction of sp³-hybridized carbons (Fsp3) is 0.455. The number of hydrogen-bond donors (Lipinski definition) is 0. The molecule has 0 saturated heterocycles. The average Bonchev–Trinajstić information content (AvgIpc) is 3.94. The molecule has 0 aliphatic carbocycles. The van der Waals surface area contributed by atoms with Crippen molar-refractivity contribution in [3.05, 3.63) is 76.9 Å². The van der Waals surface area contributed by atoms with Gasteiger partial charge >= 0.3 is 148 Å². The van der Waals surface area contributed by atoms with Gasteiger partial charge in [-0.3, -0.25) is 9.80 Å². The number of methoxy groups -OCH3 is 2. The van der Waals surface area contributed by atoms with Crippen LogP contribution in [0.25, 0.3) is 11.6 Å². The van der Waals surface area contributed by atoms with E-state index in [-0.39, 0.29) is 230 Å². The molecule has 4 rings (SSSR count). The SMILES string of the molecule is CCOP(=O)([O-])CN(CC(=O)[O-])Cc1ccn(-c2cc(C#Cc3cc(OCCOC)c(C#CCCCCC(=O)[O-])cc3OCCOC)cc(-n3ccc(CN(CC(=O)[O-])CP(=O)([O-])OCC)n3)n2)n1.[Na+].[Na+].[Na+].[Na+].[Na+]. The third kappa shape index (κ3) is 28.3. The Kier molecular flexibility index (Phi) is 40.0. The minimum atomic E-state index is -4.45. The van der Waals surface area contributed by atoms with E-state index in [9.17, 15) is 48.6 Å². The summed E-state index contributed by atoms with van der Waals surface area (Å²) in [5.41, 5.74) is 1.71. The molecule has 0 spiro atoms. The van der Waals surface area contributed by atoms with Crippen LogP contribution in [0.15, 0.2) is 48.8 Å². The normalized spacial score (nSPS) is 12.1. The zero-order valence-electron chi connectivity index (χ0n) is 43.5. The molecule has 3 aromatic heterocycles. The number of benzene rings is 1. The monoisotopic (exact) mass is 1110 g/mol. The van der Waals surface area contributed by atoms with E-state index >= 15 is 0 Å². The number of carbonyl (C=O) groups excluding carboxylic acids is 3. The molecule has 1 aromatic carbocycles. The first-order valence-electron chi connectivity index (χ1n) is 21.4. The summed E-state index contributed by atoms with van der Waals surface area (Å²) in [7, 11) is -5.86. The third-order valence-electron chi connectivity index (χ3n) is 9.10. The van der Waals surface area contributed by atoms with E-state index in [2.05, 4.69) is 33.9 Å². The fourth-order valence-electron chi connectivity index (χ4n) is 6.30. The minimum absolute atomic E-state index is 0. The number of hydrogen-bond acceptors (Lipinski definition) is 21. The number of aromatic nitrogens is 5. The Bertz CT molecular complexity index is 2500. The van der Waals surface area contributed by atoms with Crippen LogP contribution >= 0.6 is 15.2 Å². The number of aliphatic carboxylic acids is 3. The molecule has 0 N–H and O–H groups in total. The minimum Gasteiger partial charge on any atom is -0.778 e. The molecule has 0 radical (unpaired) electrons. The summed E-state index contributed by atoms with van der Waals surface area (Å²) in [5, 5.41) is 43.0. The number of ether oxygens (including phenoxy) is 4. The average molecular weight is 1110 g/mol. The Morgan fingerprint density at radius 2 is 1.08 bits per heavy atom. The van der Waals surface area contributed by atoms with E-state index in [4.69, 9.17) is 33.0 Å². The number of unbranched alkanes of at least 4 members (excludes halogenated alkanes) is 2. The Hall–Kier alpha value is -0.940. The number of carbonyl (C=O) groups is 3. The molecule has 23 nitrogen and oxygen atoms in total. The Morgan fingerprint density at radius 3 is 1.49 bits per heavy atom. The van der Waals surface area contributed by atoms with Crippen LogP contribution in [0.4, 0.5) is 0 Å². The Balaban J connectivity index is 0. The predicted octanol–water partition coefficient (Wildman–Crippen LogP) is -16.2. The molecule has 30 heteroatoms. The summed E-state index contributed by atoms with van der Waals surface area (Å²) >= 11 is 0. The van der Waals surface area contributed by atoms with Gasteiger partial charge in [0.1, 0.15) is 39.9 Å². The number of pyridine rings is 1. The number of carboxylic acids is 3. The van der Waals surface area contributed by atoms with Crippen LogP contribution in [0.1, 0.15) is 67.6 Å². The quantitative estimate of drug-likeness (QED) is 0.0203. The van der Waals surface area contributed by atoms with Crippen molar-refractivity contribution in [2.24, 2.45) is 0 Å². The van der Waals surface area contributed by atoms with Crippen molar-refractivity contribution in [3.8, 4) is 46.8 Å². The maximum absolute atomic E-state index is 12.5. The van der Waals surface area contributed by atoms with E-state index in [1.807, 2.05) is 0 Å². The van der Waals surface area contributed by atoms with Gasteiger partial charge in [-0.1, -0.05) is 23.7 Å². The Labute approximate surface area is 541 Å². The summed E-state index contributed by atoms with van der Waals surface area (Å²) in [6.07, 6.45) is 2.84. The topological polar surface area (TPSA) is 311 Å². The predicted molar refractivity (Wildman–Crippen MR) is 235 cm³/mol. The van der Waals surface area contributed by atoms with Gasteiger partial charge in [0, 0.05) is 82.9 Å². The summed E-state index contributed by atoms with van der Waals surface area (Å²) < 4.78 is 59.8. The molecular formula is C44H52N7Na5O16P2. The zero-order valence-corrected chi connectivity index (χ0v) is 55.3. The number of rotatable bonds is 30. The molecule has 0 saturated carbocycles. The molecule has 0 aliphatic rings. The van der Waals surface area contributed by atoms with Crippen LogP contribution in [0.2, 0.25) is 0 Å². The van der Waals surface area contributed by atoms with Crippen molar-refractivity contribution < 1.29 is 224 Å². The van der Waals surface area contributed by atoms with E-state index < -0.39 is 58.8 Å². The van der Waals surface area contributed by atoms with E-state index in [0.717, 1.165) is 9.80 Å². The van der Waals surface area contributed by atoms with Gasteiger partial charge in [0.15, 0.2) is 11.6 Å². The zero-order chi connectivity index (χ0) is 50.4. The second kappa shape index (κ2) is 39.4. The maximum atomic E-state index is 12.5. The third-order valence-corrected chi connectivity index (χ3v) is 11.9. The second-order valence-corrected chi connectivity index (χ2v) is 18.3. The second-order valence-electron chi connectivity index (χ2n) is 14.8. The van der Waals surface area contributed by atoms with Crippen LogP contribution in [-0.4, -0.2) is 132 Å². The van der Waals surface area contributed by atoms with Crippen molar-refractivity contribution >= 4 is 33.1 Å². The van der Waals surface area contributed by atoms with E-state index in [1.54, 1.807) is 24.3 Å². The van der Waals surface area contributed by atoms with Gasteiger partial charge in [-0.05, 0) is 57.4 Å². The molecule has 2 unspecified atom stereocenters. The first kappa shape index (κ1) is 75.1. The number of nitrogens with zero attached hydrogens (tertiary/aromatic N) is 7. The van der Waals surface area contributed by atoms with Crippen molar-refractivity contribution in [1.29, 1.82) is 0 Å². The summed E-state index contributed by atoms with van der Waals surface area (Å²) in [5.74, 6) is 9.26. The van der Waals surface area contributed by atoms with Crippen LogP contribution in [-0.2, 0) is 55.1 Å². The van der Waals surface area contributed by atoms with Crippen LogP contribution < -0.4 is 182 Å². The molecule has 0 fully saturated rings. The molecule has 374 valence electrons. The maximum Gasteiger partial charge on any atom is 1.00 e. The molecule has 2 atom stereocenters. The van der Waals surface area contributed by atoms with Gasteiger partial charge in [0.05, 0.1) is 73.5 Å². The smallest absolute Gasteiger partial charge is 0.778 e. The molecule has 3 heterocycles. The molecule has 0 bridgehead atoms. The van der Waals surface area contributed by atoms with Gasteiger partial charge in [-0.25, -0.2) is 14.3 Å². The molecule has 4 aromatic rings. The van der Waals surface area contributed by atoms with Crippen LogP contribution in [0.5, 0.6) is 11.5 Å². The van der Waals surface area contributed by atoms with Gasteiger partial charge in [-0.2, -0.15) is 10.2 Å². The number of carboxylic acid groups (broad SMARTS) is 3. The van der Waals surface area contributed by atoms with Crippen molar-refractivity contribution in [2.45, 2.75) is 52.6 Å². The van der Waals surface area contributed by atoms with Gasteiger partial charge in [0.25, 0.3) is 0 Å². The fourth-order valence-corrected chi connectivity index (χ4v) is 8.63. The van der Waals surface area contributed by atoms with E-state index in [1.165, 1.54) is 62.0 Å². The molecule has 0 aliphatic heterocycles. The first-order valence-corrected chi connectivity index (χ1v) is 24.9. The molecule has 74 heavy (non-hydrogen) atoms. The van der Waals surface area contributed by atoms with Crippen molar-refractivity contribution in [2.75, 3.05) is 79.5 Å².